The smallest absolute Gasteiger partial charge is 0.331 e. The zero-order valence-electron chi connectivity index (χ0n) is 18.5. The number of ether oxygens (including phenoxy) is 2. The minimum Gasteiger partial charge on any atom is -0.497 e. The van der Waals surface area contributed by atoms with E-state index in [4.69, 9.17) is 9.47 Å². The SMILES string of the molecule is COc1ccc2cc(/C=C/C(=O)O[C@H](C)C(=O)Nc3c(C)cc(C)cc3C)ccc2c1. The number of methoxy groups -OCH3 is 1. The van der Waals surface area contributed by atoms with Crippen LogP contribution in [-0.2, 0) is 14.3 Å². The molecule has 0 aliphatic rings. The van der Waals surface area contributed by atoms with Crippen molar-refractivity contribution in [2.24, 2.45) is 0 Å². The van der Waals surface area contributed by atoms with Crippen molar-refractivity contribution >= 4 is 34.4 Å². The van der Waals surface area contributed by atoms with Gasteiger partial charge in [-0.05, 0) is 79.4 Å². The summed E-state index contributed by atoms with van der Waals surface area (Å²) in [6.07, 6.45) is 2.09. The van der Waals surface area contributed by atoms with Gasteiger partial charge in [0.2, 0.25) is 0 Å². The summed E-state index contributed by atoms with van der Waals surface area (Å²) in [5.41, 5.74) is 4.68. The number of amides is 1. The lowest BCUT2D eigenvalue weighted by molar-refractivity contribution is -0.148. The Morgan fingerprint density at radius 3 is 2.26 bits per heavy atom. The molecular weight excluding hydrogens is 390 g/mol. The van der Waals surface area contributed by atoms with E-state index in [0.717, 1.165) is 44.5 Å². The van der Waals surface area contributed by atoms with E-state index in [9.17, 15) is 9.59 Å². The summed E-state index contributed by atoms with van der Waals surface area (Å²) in [5, 5.41) is 4.95. The van der Waals surface area contributed by atoms with Gasteiger partial charge in [0.25, 0.3) is 5.91 Å². The Bertz CT molecular complexity index is 1140. The highest BCUT2D eigenvalue weighted by Crippen LogP contribution is 2.23. The van der Waals surface area contributed by atoms with Gasteiger partial charge in [-0.3, -0.25) is 4.79 Å². The van der Waals surface area contributed by atoms with Gasteiger partial charge in [-0.15, -0.1) is 0 Å². The van der Waals surface area contributed by atoms with Crippen LogP contribution in [0.5, 0.6) is 5.75 Å². The first-order valence-corrected chi connectivity index (χ1v) is 10.1. The van der Waals surface area contributed by atoms with Crippen molar-refractivity contribution < 1.29 is 19.1 Å². The van der Waals surface area contributed by atoms with Crippen molar-refractivity contribution in [3.05, 3.63) is 76.9 Å². The first-order chi connectivity index (χ1) is 14.8. The van der Waals surface area contributed by atoms with Crippen LogP contribution in [0.1, 0.15) is 29.2 Å². The third-order valence-electron chi connectivity index (χ3n) is 5.07. The van der Waals surface area contributed by atoms with Gasteiger partial charge in [-0.25, -0.2) is 4.79 Å². The quantitative estimate of drug-likeness (QED) is 0.433. The van der Waals surface area contributed by atoms with Crippen LogP contribution in [0.15, 0.2) is 54.6 Å². The van der Waals surface area contributed by atoms with E-state index >= 15 is 0 Å². The van der Waals surface area contributed by atoms with E-state index in [1.165, 1.54) is 6.08 Å². The standard InChI is InChI=1S/C26H27NO4/c1-16-12-17(2)25(18(3)13-16)27-26(29)19(4)31-24(28)11-7-20-6-8-22-15-23(30-5)10-9-21(22)14-20/h6-15,19H,1-5H3,(H,27,29)/b11-7+/t19-/m1/s1. The number of rotatable bonds is 6. The molecule has 0 radical (unpaired) electrons. The predicted molar refractivity (Wildman–Crippen MR) is 124 cm³/mol. The third-order valence-corrected chi connectivity index (χ3v) is 5.07. The summed E-state index contributed by atoms with van der Waals surface area (Å²) >= 11 is 0. The molecule has 5 heteroatoms. The predicted octanol–water partition coefficient (Wildman–Crippen LogP) is 5.36. The van der Waals surface area contributed by atoms with Gasteiger partial charge in [0.05, 0.1) is 7.11 Å². The van der Waals surface area contributed by atoms with Gasteiger partial charge in [0, 0.05) is 11.8 Å². The first-order valence-electron chi connectivity index (χ1n) is 10.1. The Morgan fingerprint density at radius 1 is 0.935 bits per heavy atom. The number of aryl methyl sites for hydroxylation is 3. The molecule has 5 nitrogen and oxygen atoms in total. The molecule has 3 rings (SSSR count). The molecule has 0 saturated heterocycles. The number of anilines is 1. The summed E-state index contributed by atoms with van der Waals surface area (Å²) in [6.45, 7) is 7.45. The van der Waals surface area contributed by atoms with E-state index in [2.05, 4.69) is 5.32 Å². The molecule has 3 aromatic carbocycles. The second kappa shape index (κ2) is 9.47. The number of carbonyl (C=O) groups is 2. The van der Waals surface area contributed by atoms with Crippen molar-refractivity contribution in [2.45, 2.75) is 33.8 Å². The lowest BCUT2D eigenvalue weighted by atomic mass is 10.0. The van der Waals surface area contributed by atoms with Crippen LogP contribution in [0.2, 0.25) is 0 Å². The van der Waals surface area contributed by atoms with Gasteiger partial charge in [-0.1, -0.05) is 35.9 Å². The van der Waals surface area contributed by atoms with Crippen LogP contribution in [0.3, 0.4) is 0 Å². The molecule has 0 bridgehead atoms. The lowest BCUT2D eigenvalue weighted by Crippen LogP contribution is -2.30. The molecule has 0 saturated carbocycles. The number of esters is 1. The summed E-state index contributed by atoms with van der Waals surface area (Å²) in [6, 6.07) is 15.7. The molecule has 1 N–H and O–H groups in total. The minimum absolute atomic E-state index is 0.364. The second-order valence-corrected chi connectivity index (χ2v) is 7.65. The summed E-state index contributed by atoms with van der Waals surface area (Å²) < 4.78 is 10.5. The maximum absolute atomic E-state index is 12.5. The van der Waals surface area contributed by atoms with Gasteiger partial charge in [0.1, 0.15) is 5.75 Å². The van der Waals surface area contributed by atoms with Gasteiger partial charge in [-0.2, -0.15) is 0 Å². The lowest BCUT2D eigenvalue weighted by Gasteiger charge is -2.16. The molecule has 0 heterocycles. The number of nitrogens with one attached hydrogen (secondary N) is 1. The molecule has 0 aliphatic carbocycles. The fourth-order valence-electron chi connectivity index (χ4n) is 3.51. The maximum Gasteiger partial charge on any atom is 0.331 e. The summed E-state index contributed by atoms with van der Waals surface area (Å²) in [4.78, 5) is 24.7. The summed E-state index contributed by atoms with van der Waals surface area (Å²) in [5.74, 6) is -0.144. The molecule has 160 valence electrons. The van der Waals surface area contributed by atoms with Crippen LogP contribution < -0.4 is 10.1 Å². The Balaban J connectivity index is 1.62. The molecular formula is C26H27NO4. The monoisotopic (exact) mass is 417 g/mol. The van der Waals surface area contributed by atoms with Crippen LogP contribution in [0.25, 0.3) is 16.8 Å². The van der Waals surface area contributed by atoms with Crippen LogP contribution >= 0.6 is 0 Å². The maximum atomic E-state index is 12.5. The molecule has 1 amide bonds. The number of benzene rings is 3. The van der Waals surface area contributed by atoms with Gasteiger partial charge < -0.3 is 14.8 Å². The minimum atomic E-state index is -0.915. The Morgan fingerprint density at radius 2 is 1.58 bits per heavy atom. The van der Waals surface area contributed by atoms with E-state index in [-0.39, 0.29) is 5.91 Å². The highest BCUT2D eigenvalue weighted by Gasteiger charge is 2.18. The van der Waals surface area contributed by atoms with E-state index in [0.29, 0.717) is 0 Å². The highest BCUT2D eigenvalue weighted by molar-refractivity contribution is 5.98. The van der Waals surface area contributed by atoms with Crippen molar-refractivity contribution in [3.63, 3.8) is 0 Å². The zero-order chi connectivity index (χ0) is 22.5. The van der Waals surface area contributed by atoms with Crippen molar-refractivity contribution in [1.82, 2.24) is 0 Å². The van der Waals surface area contributed by atoms with Gasteiger partial charge >= 0.3 is 5.97 Å². The Hall–Kier alpha value is -3.60. The second-order valence-electron chi connectivity index (χ2n) is 7.65. The van der Waals surface area contributed by atoms with E-state index < -0.39 is 12.1 Å². The van der Waals surface area contributed by atoms with E-state index in [1.54, 1.807) is 20.1 Å². The molecule has 31 heavy (non-hydrogen) atoms. The fourth-order valence-corrected chi connectivity index (χ4v) is 3.51. The molecule has 0 fully saturated rings. The van der Waals surface area contributed by atoms with Crippen LogP contribution in [0.4, 0.5) is 5.69 Å². The number of hydrogen-bond acceptors (Lipinski definition) is 4. The zero-order valence-corrected chi connectivity index (χ0v) is 18.5. The highest BCUT2D eigenvalue weighted by atomic mass is 16.5. The van der Waals surface area contributed by atoms with Crippen molar-refractivity contribution in [1.29, 1.82) is 0 Å². The van der Waals surface area contributed by atoms with Crippen LogP contribution in [-0.4, -0.2) is 25.1 Å². The average Bonchev–Trinajstić information content (AvgIpc) is 2.74. The normalized spacial score (nSPS) is 12.0. The number of hydrogen-bond donors (Lipinski definition) is 1. The van der Waals surface area contributed by atoms with Crippen molar-refractivity contribution in [2.75, 3.05) is 12.4 Å². The topological polar surface area (TPSA) is 64.6 Å². The fraction of sp³-hybridized carbons (Fsp3) is 0.231. The number of fused-ring (bicyclic) bond motifs is 1. The third kappa shape index (κ3) is 5.51. The average molecular weight is 418 g/mol. The molecule has 1 atom stereocenters. The van der Waals surface area contributed by atoms with E-state index in [1.807, 2.05) is 69.3 Å². The Labute approximate surface area is 182 Å². The first kappa shape index (κ1) is 22.1. The van der Waals surface area contributed by atoms with Crippen LogP contribution in [0, 0.1) is 20.8 Å². The Kier molecular flexibility index (Phi) is 6.75. The largest absolute Gasteiger partial charge is 0.497 e. The molecule has 0 aliphatic heterocycles. The molecule has 0 aromatic heterocycles. The molecule has 0 unspecified atom stereocenters. The van der Waals surface area contributed by atoms with Gasteiger partial charge in [0.15, 0.2) is 6.10 Å². The molecule has 3 aromatic rings. The van der Waals surface area contributed by atoms with Crippen molar-refractivity contribution in [3.8, 4) is 5.75 Å². The number of carbonyl (C=O) groups excluding carboxylic acids is 2. The summed E-state index contributed by atoms with van der Waals surface area (Å²) in [7, 11) is 1.63. The molecule has 0 spiro atoms.